The molecule has 3 aromatic rings. The van der Waals surface area contributed by atoms with Gasteiger partial charge < -0.3 is 19.3 Å². The third kappa shape index (κ3) is 8.14. The molecule has 0 radical (unpaired) electrons. The molecule has 0 saturated heterocycles. The fraction of sp³-hybridized carbons (Fsp3) is 0.467. The van der Waals surface area contributed by atoms with Crippen LogP contribution in [0.2, 0.25) is 0 Å². The van der Waals surface area contributed by atoms with E-state index in [0.29, 0.717) is 30.5 Å². The van der Waals surface area contributed by atoms with Crippen molar-refractivity contribution in [2.45, 2.75) is 71.3 Å². The van der Waals surface area contributed by atoms with E-state index in [9.17, 15) is 14.7 Å². The first-order valence-electron chi connectivity index (χ1n) is 13.3. The maximum Gasteiger partial charge on any atom is 0.340 e. The first-order valence-corrected chi connectivity index (χ1v) is 13.3. The molecule has 36 heavy (non-hydrogen) atoms. The number of benzene rings is 2. The molecule has 1 heterocycles. The summed E-state index contributed by atoms with van der Waals surface area (Å²) >= 11 is 0. The molecule has 0 saturated carbocycles. The summed E-state index contributed by atoms with van der Waals surface area (Å²) in [5, 5.41) is 10.7. The van der Waals surface area contributed by atoms with Gasteiger partial charge in [0.25, 0.3) is 0 Å². The number of hydrogen-bond acceptors (Lipinski definition) is 4. The molecule has 1 amide bonds. The van der Waals surface area contributed by atoms with Gasteiger partial charge in [0.2, 0.25) is 5.91 Å². The van der Waals surface area contributed by atoms with E-state index in [2.05, 4.69) is 6.92 Å². The quantitative estimate of drug-likeness (QED) is 0.193. The molecule has 0 bridgehead atoms. The summed E-state index contributed by atoms with van der Waals surface area (Å²) in [7, 11) is 1.89. The Morgan fingerprint density at radius 1 is 0.944 bits per heavy atom. The van der Waals surface area contributed by atoms with E-state index >= 15 is 0 Å². The summed E-state index contributed by atoms with van der Waals surface area (Å²) in [5.41, 5.74) is 2.50. The van der Waals surface area contributed by atoms with E-state index in [-0.39, 0.29) is 17.6 Å². The van der Waals surface area contributed by atoms with Crippen LogP contribution in [0.15, 0.2) is 54.7 Å². The van der Waals surface area contributed by atoms with Gasteiger partial charge in [-0.2, -0.15) is 0 Å². The predicted molar refractivity (Wildman–Crippen MR) is 144 cm³/mol. The molecule has 0 fully saturated rings. The molecule has 2 aromatic carbocycles. The molecule has 0 atom stereocenters. The number of carbonyl (C=O) groups excluding carboxylic acids is 2. The predicted octanol–water partition coefficient (Wildman–Crippen LogP) is 6.54. The number of ether oxygens (including phenoxy) is 1. The van der Waals surface area contributed by atoms with Gasteiger partial charge in [-0.25, -0.2) is 4.79 Å². The lowest BCUT2D eigenvalue weighted by atomic mass is 10.1. The zero-order valence-electron chi connectivity index (χ0n) is 21.7. The third-order valence-electron chi connectivity index (χ3n) is 6.57. The van der Waals surface area contributed by atoms with E-state index in [4.69, 9.17) is 4.74 Å². The van der Waals surface area contributed by atoms with Crippen LogP contribution in [0.4, 0.5) is 0 Å². The zero-order chi connectivity index (χ0) is 25.8. The van der Waals surface area contributed by atoms with Gasteiger partial charge >= 0.3 is 5.97 Å². The highest BCUT2D eigenvalue weighted by Crippen LogP contribution is 2.27. The van der Waals surface area contributed by atoms with Crippen molar-refractivity contribution in [3.8, 4) is 5.75 Å². The fourth-order valence-electron chi connectivity index (χ4n) is 4.40. The summed E-state index contributed by atoms with van der Waals surface area (Å²) < 4.78 is 7.59. The van der Waals surface area contributed by atoms with Crippen LogP contribution in [0, 0.1) is 0 Å². The van der Waals surface area contributed by atoms with Gasteiger partial charge in [-0.15, -0.1) is 0 Å². The average molecular weight is 493 g/mol. The largest absolute Gasteiger partial charge is 0.508 e. The monoisotopic (exact) mass is 492 g/mol. The van der Waals surface area contributed by atoms with Crippen LogP contribution in [0.5, 0.6) is 5.75 Å². The van der Waals surface area contributed by atoms with Gasteiger partial charge in [0.05, 0.1) is 12.2 Å². The number of aromatic nitrogens is 1. The fourth-order valence-corrected chi connectivity index (χ4v) is 4.40. The van der Waals surface area contributed by atoms with Crippen LogP contribution in [0.25, 0.3) is 10.9 Å². The van der Waals surface area contributed by atoms with E-state index < -0.39 is 0 Å². The number of phenols is 1. The molecule has 194 valence electrons. The second-order valence-electron chi connectivity index (χ2n) is 9.53. The maximum absolute atomic E-state index is 12.8. The number of aromatic hydroxyl groups is 1. The molecule has 1 aromatic heterocycles. The zero-order valence-corrected chi connectivity index (χ0v) is 21.7. The Morgan fingerprint density at radius 2 is 1.67 bits per heavy atom. The summed E-state index contributed by atoms with van der Waals surface area (Å²) in [6, 6.07) is 15.2. The van der Waals surface area contributed by atoms with Crippen LogP contribution in [-0.2, 0) is 16.1 Å². The molecule has 0 aliphatic rings. The van der Waals surface area contributed by atoms with Crippen molar-refractivity contribution < 1.29 is 19.4 Å². The van der Waals surface area contributed by atoms with E-state index in [1.54, 1.807) is 12.1 Å². The number of esters is 1. The number of unbranched alkanes of at least 4 members (excludes halogenated alkanes) is 6. The summed E-state index contributed by atoms with van der Waals surface area (Å²) in [6.45, 7) is 4.00. The standard InChI is InChI=1S/C30H40N2O4/c1-3-4-19-31(2)29(34)16-12-7-5-6-8-13-20-36-30(35)27-23-32(22-24-14-10-9-11-15-24)28-18-17-25(33)21-26(27)28/h9-11,14-15,17-18,21,23,33H,3-8,12-13,16,19-20,22H2,1-2H3. The van der Waals surface area contributed by atoms with Crippen molar-refractivity contribution >= 4 is 22.8 Å². The van der Waals surface area contributed by atoms with Crippen molar-refractivity contribution in [3.63, 3.8) is 0 Å². The van der Waals surface area contributed by atoms with Gasteiger partial charge in [-0.05, 0) is 43.0 Å². The van der Waals surface area contributed by atoms with Gasteiger partial charge in [0, 0.05) is 43.7 Å². The molecule has 0 spiro atoms. The first kappa shape index (κ1) is 27.3. The van der Waals surface area contributed by atoms with Crippen LogP contribution in [-0.4, -0.2) is 46.6 Å². The number of carbonyl (C=O) groups is 2. The number of hydrogen-bond donors (Lipinski definition) is 1. The lowest BCUT2D eigenvalue weighted by Crippen LogP contribution is -2.27. The molecular formula is C30H40N2O4. The average Bonchev–Trinajstić information content (AvgIpc) is 3.23. The van der Waals surface area contributed by atoms with Crippen molar-refractivity contribution in [1.29, 1.82) is 0 Å². The normalized spacial score (nSPS) is 11.1. The van der Waals surface area contributed by atoms with Gasteiger partial charge in [-0.3, -0.25) is 4.79 Å². The second-order valence-corrected chi connectivity index (χ2v) is 9.53. The Bertz CT molecular complexity index is 1110. The van der Waals surface area contributed by atoms with E-state index in [1.165, 1.54) is 0 Å². The Labute approximate surface area is 214 Å². The topological polar surface area (TPSA) is 71.8 Å². The summed E-state index contributed by atoms with van der Waals surface area (Å²) in [6.07, 6.45) is 10.6. The highest BCUT2D eigenvalue weighted by Gasteiger charge is 2.17. The Kier molecular flexibility index (Phi) is 10.9. The number of phenolic OH excluding ortho intramolecular Hbond substituents is 1. The van der Waals surface area contributed by atoms with Gasteiger partial charge in [-0.1, -0.05) is 69.4 Å². The number of nitrogens with zero attached hydrogens (tertiary/aromatic N) is 2. The minimum absolute atomic E-state index is 0.128. The highest BCUT2D eigenvalue weighted by atomic mass is 16.5. The Balaban J connectivity index is 1.40. The van der Waals surface area contributed by atoms with Crippen molar-refractivity contribution in [1.82, 2.24) is 9.47 Å². The van der Waals surface area contributed by atoms with Crippen molar-refractivity contribution in [2.75, 3.05) is 20.2 Å². The summed E-state index contributed by atoms with van der Waals surface area (Å²) in [5.74, 6) is 0.0141. The minimum atomic E-state index is -0.358. The molecular weight excluding hydrogens is 452 g/mol. The minimum Gasteiger partial charge on any atom is -0.508 e. The molecule has 0 aliphatic carbocycles. The van der Waals surface area contributed by atoms with Crippen LogP contribution >= 0.6 is 0 Å². The van der Waals surface area contributed by atoms with Crippen LogP contribution in [0.3, 0.4) is 0 Å². The van der Waals surface area contributed by atoms with Crippen LogP contribution in [0.1, 0.15) is 80.6 Å². The lowest BCUT2D eigenvalue weighted by molar-refractivity contribution is -0.130. The van der Waals surface area contributed by atoms with E-state index in [1.807, 2.05) is 59.1 Å². The van der Waals surface area contributed by atoms with Crippen molar-refractivity contribution in [3.05, 3.63) is 65.9 Å². The number of fused-ring (bicyclic) bond motifs is 1. The van der Waals surface area contributed by atoms with Gasteiger partial charge in [0.1, 0.15) is 5.75 Å². The molecule has 6 nitrogen and oxygen atoms in total. The highest BCUT2D eigenvalue weighted by molar-refractivity contribution is 6.04. The number of rotatable bonds is 15. The second kappa shape index (κ2) is 14.3. The Hall–Kier alpha value is -3.28. The number of amides is 1. The Morgan fingerprint density at radius 3 is 2.42 bits per heavy atom. The maximum atomic E-state index is 12.8. The molecule has 0 aliphatic heterocycles. The van der Waals surface area contributed by atoms with E-state index in [0.717, 1.165) is 69.0 Å². The molecule has 6 heteroatoms. The molecule has 3 rings (SSSR count). The smallest absolute Gasteiger partial charge is 0.340 e. The van der Waals surface area contributed by atoms with Crippen molar-refractivity contribution in [2.24, 2.45) is 0 Å². The summed E-state index contributed by atoms with van der Waals surface area (Å²) in [4.78, 5) is 26.7. The SMILES string of the molecule is CCCCN(C)C(=O)CCCCCCCCOC(=O)c1cn(Cc2ccccc2)c2ccc(O)cc12. The van der Waals surface area contributed by atoms with Crippen LogP contribution < -0.4 is 0 Å². The van der Waals surface area contributed by atoms with Gasteiger partial charge in [0.15, 0.2) is 0 Å². The first-order chi connectivity index (χ1) is 17.5. The lowest BCUT2D eigenvalue weighted by Gasteiger charge is -2.16. The molecule has 0 unspecified atom stereocenters. The third-order valence-corrected chi connectivity index (χ3v) is 6.57. The molecule has 1 N–H and O–H groups in total.